The van der Waals surface area contributed by atoms with Crippen molar-refractivity contribution >= 4 is 28.8 Å². The predicted molar refractivity (Wildman–Crippen MR) is 158 cm³/mol. The highest BCUT2D eigenvalue weighted by atomic mass is 16.5. The van der Waals surface area contributed by atoms with Crippen LogP contribution < -0.4 is 10.6 Å². The van der Waals surface area contributed by atoms with E-state index < -0.39 is 41.0 Å². The number of aromatic nitrogens is 3. The average molecular weight is 589 g/mol. The summed E-state index contributed by atoms with van der Waals surface area (Å²) in [6, 6.07) is 15.5. The van der Waals surface area contributed by atoms with Gasteiger partial charge in [0.25, 0.3) is 0 Å². The van der Waals surface area contributed by atoms with E-state index in [4.69, 9.17) is 4.74 Å². The van der Waals surface area contributed by atoms with Gasteiger partial charge >= 0.3 is 0 Å². The third kappa shape index (κ3) is 4.60. The van der Waals surface area contributed by atoms with Crippen LogP contribution in [-0.4, -0.2) is 72.6 Å². The van der Waals surface area contributed by atoms with Gasteiger partial charge in [0, 0.05) is 6.54 Å². The van der Waals surface area contributed by atoms with Crippen LogP contribution in [0.5, 0.6) is 0 Å². The van der Waals surface area contributed by atoms with Crippen molar-refractivity contribution < 1.29 is 24.2 Å². The number of ether oxygens (including phenoxy) is 1. The molecule has 3 saturated heterocycles. The van der Waals surface area contributed by atoms with Crippen LogP contribution in [0.2, 0.25) is 0 Å². The molecule has 11 heteroatoms. The van der Waals surface area contributed by atoms with Crippen LogP contribution in [0.4, 0.5) is 0 Å². The Kier molecular flexibility index (Phi) is 7.72. The minimum Gasteiger partial charge on any atom is -0.394 e. The summed E-state index contributed by atoms with van der Waals surface area (Å²) in [6.45, 7) is 6.00. The molecule has 0 radical (unpaired) electrons. The summed E-state index contributed by atoms with van der Waals surface area (Å²) in [6.07, 6.45) is 2.27. The fourth-order valence-corrected chi connectivity index (χ4v) is 7.70. The number of likely N-dealkylation sites (tertiary alicyclic amines) is 1. The minimum absolute atomic E-state index is 0.0473. The van der Waals surface area contributed by atoms with Crippen molar-refractivity contribution in [1.29, 1.82) is 0 Å². The lowest BCUT2D eigenvalue weighted by Gasteiger charge is -2.39. The van der Waals surface area contributed by atoms with E-state index in [-0.39, 0.29) is 31.0 Å². The number of aliphatic hydroxyl groups is 1. The van der Waals surface area contributed by atoms with Crippen molar-refractivity contribution in [3.05, 3.63) is 60.2 Å². The van der Waals surface area contributed by atoms with Crippen LogP contribution in [0.15, 0.2) is 54.6 Å². The molecule has 2 aromatic carbocycles. The molecule has 3 amide bonds. The SMILES string of the molecule is CC[C@H](C)[C@H](CO)N1C(=O)[C@@H]2[C@@H](C(=O)NCc3ccccc3)[C@@]3(CC)CCC2(O3)C1C(=O)NCn1nnc2ccccc21. The van der Waals surface area contributed by atoms with Gasteiger partial charge in [-0.15, -0.1) is 5.10 Å². The molecule has 1 aromatic heterocycles. The molecule has 3 fully saturated rings. The zero-order chi connectivity index (χ0) is 30.4. The highest BCUT2D eigenvalue weighted by Gasteiger charge is 2.79. The van der Waals surface area contributed by atoms with E-state index in [1.807, 2.05) is 75.4 Å². The van der Waals surface area contributed by atoms with E-state index in [2.05, 4.69) is 20.9 Å². The zero-order valence-corrected chi connectivity index (χ0v) is 24.9. The number of amides is 3. The fraction of sp³-hybridized carbons (Fsp3) is 0.531. The highest BCUT2D eigenvalue weighted by Crippen LogP contribution is 2.64. The predicted octanol–water partition coefficient (Wildman–Crippen LogP) is 2.38. The topological polar surface area (TPSA) is 139 Å². The van der Waals surface area contributed by atoms with Gasteiger partial charge in [-0.1, -0.05) is 74.9 Å². The summed E-state index contributed by atoms with van der Waals surface area (Å²) in [7, 11) is 0. The van der Waals surface area contributed by atoms with Crippen molar-refractivity contribution in [2.75, 3.05) is 6.61 Å². The Morgan fingerprint density at radius 1 is 1.07 bits per heavy atom. The van der Waals surface area contributed by atoms with Crippen LogP contribution in [0.25, 0.3) is 11.0 Å². The maximum Gasteiger partial charge on any atom is 0.247 e. The molecule has 7 atom stereocenters. The summed E-state index contributed by atoms with van der Waals surface area (Å²) in [5, 5.41) is 24.9. The Balaban J connectivity index is 1.34. The van der Waals surface area contributed by atoms with Gasteiger partial charge in [-0.2, -0.15) is 0 Å². The van der Waals surface area contributed by atoms with Crippen molar-refractivity contribution in [2.45, 2.75) is 83.0 Å². The van der Waals surface area contributed by atoms with Gasteiger partial charge in [-0.3, -0.25) is 14.4 Å². The molecule has 43 heavy (non-hydrogen) atoms. The Hall–Kier alpha value is -3.83. The number of rotatable bonds is 11. The molecule has 3 aromatic rings. The smallest absolute Gasteiger partial charge is 0.247 e. The first-order valence-electron chi connectivity index (χ1n) is 15.3. The third-order valence-electron chi connectivity index (χ3n) is 10.1. The van der Waals surface area contributed by atoms with Gasteiger partial charge in [-0.25, -0.2) is 4.68 Å². The van der Waals surface area contributed by atoms with Gasteiger partial charge in [0.1, 0.15) is 23.8 Å². The Morgan fingerprint density at radius 3 is 2.53 bits per heavy atom. The number of para-hydroxylation sites is 1. The molecule has 11 nitrogen and oxygen atoms in total. The second kappa shape index (κ2) is 11.3. The van der Waals surface area contributed by atoms with Crippen molar-refractivity contribution in [3.63, 3.8) is 0 Å². The number of hydrogen-bond acceptors (Lipinski definition) is 7. The van der Waals surface area contributed by atoms with Gasteiger partial charge in [0.05, 0.1) is 35.6 Å². The summed E-state index contributed by atoms with van der Waals surface area (Å²) >= 11 is 0. The first kappa shape index (κ1) is 29.3. The van der Waals surface area contributed by atoms with E-state index in [9.17, 15) is 19.5 Å². The van der Waals surface area contributed by atoms with Crippen molar-refractivity contribution in [2.24, 2.45) is 17.8 Å². The molecule has 4 heterocycles. The van der Waals surface area contributed by atoms with Crippen LogP contribution in [0, 0.1) is 17.8 Å². The van der Waals surface area contributed by atoms with Crippen LogP contribution >= 0.6 is 0 Å². The lowest BCUT2D eigenvalue weighted by Crippen LogP contribution is -2.59. The van der Waals surface area contributed by atoms with Crippen LogP contribution in [0.3, 0.4) is 0 Å². The van der Waals surface area contributed by atoms with Gasteiger partial charge in [0.15, 0.2) is 0 Å². The van der Waals surface area contributed by atoms with Gasteiger partial charge < -0.3 is 25.4 Å². The molecule has 0 aliphatic carbocycles. The quantitative estimate of drug-likeness (QED) is 0.313. The number of benzene rings is 2. The highest BCUT2D eigenvalue weighted by molar-refractivity contribution is 5.99. The molecular formula is C32H40N6O5. The number of carbonyl (C=O) groups excluding carboxylic acids is 3. The Morgan fingerprint density at radius 2 is 1.81 bits per heavy atom. The monoisotopic (exact) mass is 588 g/mol. The van der Waals surface area contributed by atoms with E-state index >= 15 is 0 Å². The number of nitrogens with zero attached hydrogens (tertiary/aromatic N) is 4. The molecule has 3 aliphatic heterocycles. The normalized spacial score (nSPS) is 29.1. The second-order valence-electron chi connectivity index (χ2n) is 12.2. The Labute approximate surface area is 250 Å². The van der Waals surface area contributed by atoms with E-state index in [1.54, 1.807) is 4.68 Å². The fourth-order valence-electron chi connectivity index (χ4n) is 7.70. The molecule has 2 bridgehead atoms. The van der Waals surface area contributed by atoms with E-state index in [0.717, 1.165) is 11.1 Å². The molecule has 228 valence electrons. The number of carbonyl (C=O) groups is 3. The molecule has 3 N–H and O–H groups in total. The van der Waals surface area contributed by atoms with E-state index in [0.29, 0.717) is 37.7 Å². The zero-order valence-electron chi connectivity index (χ0n) is 24.9. The molecule has 6 rings (SSSR count). The summed E-state index contributed by atoms with van der Waals surface area (Å²) in [5.74, 6) is -2.61. The summed E-state index contributed by atoms with van der Waals surface area (Å²) in [4.78, 5) is 44.2. The number of aliphatic hydroxyl groups excluding tert-OH is 1. The van der Waals surface area contributed by atoms with Crippen LogP contribution in [-0.2, 0) is 32.3 Å². The standard InChI is InChI=1S/C32H40N6O5/c1-4-20(3)24(18-39)38-27(29(41)34-19-37-23-14-10-9-13-22(23)35-36-37)32-16-15-31(5-2,43-32)25(26(32)30(38)42)28(40)33-17-21-11-7-6-8-12-21/h6-14,20,24-27,39H,4-5,15-19H2,1-3H3,(H,33,40)(H,34,41)/t20-,24-,25-,26-,27?,31+,32?/m0/s1. The average Bonchev–Trinajstić information content (AvgIpc) is 3.77. The second-order valence-corrected chi connectivity index (χ2v) is 12.2. The van der Waals surface area contributed by atoms with Gasteiger partial charge in [-0.05, 0) is 42.9 Å². The number of hydrogen-bond donors (Lipinski definition) is 3. The molecular weight excluding hydrogens is 548 g/mol. The largest absolute Gasteiger partial charge is 0.394 e. The summed E-state index contributed by atoms with van der Waals surface area (Å²) in [5.41, 5.74) is 0.395. The summed E-state index contributed by atoms with van der Waals surface area (Å²) < 4.78 is 8.45. The van der Waals surface area contributed by atoms with E-state index in [1.165, 1.54) is 4.90 Å². The minimum atomic E-state index is -1.18. The van der Waals surface area contributed by atoms with Gasteiger partial charge in [0.2, 0.25) is 17.7 Å². The lowest BCUT2D eigenvalue weighted by atomic mass is 9.65. The van der Waals surface area contributed by atoms with Crippen molar-refractivity contribution in [3.8, 4) is 0 Å². The van der Waals surface area contributed by atoms with Crippen LogP contribution in [0.1, 0.15) is 52.0 Å². The molecule has 2 unspecified atom stereocenters. The number of nitrogens with one attached hydrogen (secondary N) is 2. The first-order chi connectivity index (χ1) is 20.8. The molecule has 0 saturated carbocycles. The third-order valence-corrected chi connectivity index (χ3v) is 10.1. The molecule has 1 spiro atoms. The molecule has 3 aliphatic rings. The lowest BCUT2D eigenvalue weighted by molar-refractivity contribution is -0.152. The maximum absolute atomic E-state index is 14.5. The van der Waals surface area contributed by atoms with Crippen molar-refractivity contribution in [1.82, 2.24) is 30.5 Å². The maximum atomic E-state index is 14.5. The number of fused-ring (bicyclic) bond motifs is 2. The first-order valence-corrected chi connectivity index (χ1v) is 15.3. The Bertz CT molecular complexity index is 1510.